The standard InChI is InChI=1S/C21H28N4O2/c1-3-4-5-8-14(2)24-20(26)19-13-27-21(25-19)17(22)11-15-12-23-18-10-7-6-9-16(15)18/h6-7,9-10,12-14,17,23H,3-5,8,11,22H2,1-2H3,(H,24,26). The Labute approximate surface area is 159 Å². The Morgan fingerprint density at radius 1 is 1.33 bits per heavy atom. The molecule has 6 nitrogen and oxygen atoms in total. The predicted molar refractivity (Wildman–Crippen MR) is 107 cm³/mol. The topological polar surface area (TPSA) is 96.9 Å². The van der Waals surface area contributed by atoms with Gasteiger partial charge in [0.15, 0.2) is 5.69 Å². The van der Waals surface area contributed by atoms with Crippen molar-refractivity contribution < 1.29 is 9.21 Å². The molecule has 0 radical (unpaired) electrons. The number of rotatable bonds is 9. The molecular weight excluding hydrogens is 340 g/mol. The van der Waals surface area contributed by atoms with Gasteiger partial charge in [0.05, 0.1) is 6.04 Å². The number of nitrogens with one attached hydrogen (secondary N) is 2. The molecule has 4 N–H and O–H groups in total. The minimum atomic E-state index is -0.410. The maximum atomic E-state index is 12.3. The third kappa shape index (κ3) is 4.77. The van der Waals surface area contributed by atoms with Crippen molar-refractivity contribution in [2.24, 2.45) is 5.73 Å². The van der Waals surface area contributed by atoms with Crippen molar-refractivity contribution in [3.8, 4) is 0 Å². The van der Waals surface area contributed by atoms with Gasteiger partial charge in [-0.25, -0.2) is 4.98 Å². The highest BCUT2D eigenvalue weighted by Crippen LogP contribution is 2.23. The van der Waals surface area contributed by atoms with Crippen molar-refractivity contribution in [3.05, 3.63) is 53.9 Å². The summed E-state index contributed by atoms with van der Waals surface area (Å²) in [6.07, 6.45) is 8.34. The first-order chi connectivity index (χ1) is 13.1. The van der Waals surface area contributed by atoms with Gasteiger partial charge in [-0.05, 0) is 31.4 Å². The molecule has 0 aliphatic carbocycles. The first kappa shape index (κ1) is 19.2. The van der Waals surface area contributed by atoms with Crippen LogP contribution in [0.25, 0.3) is 10.9 Å². The van der Waals surface area contributed by atoms with Crippen LogP contribution in [0.1, 0.15) is 67.5 Å². The average Bonchev–Trinajstić information content (AvgIpc) is 3.30. The Kier molecular flexibility index (Phi) is 6.29. The van der Waals surface area contributed by atoms with Crippen LogP contribution in [0.3, 0.4) is 0 Å². The SMILES string of the molecule is CCCCCC(C)NC(=O)c1coc(C(N)Cc2c[nH]c3ccccc23)n1. The molecule has 0 spiro atoms. The third-order valence-corrected chi connectivity index (χ3v) is 4.80. The molecule has 0 bridgehead atoms. The van der Waals surface area contributed by atoms with E-state index in [9.17, 15) is 4.79 Å². The van der Waals surface area contributed by atoms with Crippen molar-refractivity contribution in [1.82, 2.24) is 15.3 Å². The van der Waals surface area contributed by atoms with Gasteiger partial charge in [-0.15, -0.1) is 0 Å². The van der Waals surface area contributed by atoms with Crippen molar-refractivity contribution >= 4 is 16.8 Å². The van der Waals surface area contributed by atoms with Crippen LogP contribution in [0.15, 0.2) is 41.1 Å². The van der Waals surface area contributed by atoms with Crippen LogP contribution in [0.5, 0.6) is 0 Å². The van der Waals surface area contributed by atoms with Crippen LogP contribution in [0.2, 0.25) is 0 Å². The summed E-state index contributed by atoms with van der Waals surface area (Å²) in [7, 11) is 0. The van der Waals surface area contributed by atoms with Crippen LogP contribution in [0, 0.1) is 0 Å². The Morgan fingerprint density at radius 3 is 2.96 bits per heavy atom. The number of carbonyl (C=O) groups excluding carboxylic acids is 1. The van der Waals surface area contributed by atoms with Crippen molar-refractivity contribution in [2.75, 3.05) is 0 Å². The van der Waals surface area contributed by atoms with E-state index in [4.69, 9.17) is 10.2 Å². The van der Waals surface area contributed by atoms with Gasteiger partial charge < -0.3 is 20.5 Å². The number of para-hydroxylation sites is 1. The summed E-state index contributed by atoms with van der Waals surface area (Å²) < 4.78 is 5.48. The molecule has 0 fully saturated rings. The lowest BCUT2D eigenvalue weighted by Gasteiger charge is -2.12. The fourth-order valence-corrected chi connectivity index (χ4v) is 3.26. The molecule has 1 amide bonds. The molecule has 144 valence electrons. The number of H-pyrrole nitrogens is 1. The summed E-state index contributed by atoms with van der Waals surface area (Å²) >= 11 is 0. The molecule has 3 aromatic rings. The fourth-order valence-electron chi connectivity index (χ4n) is 3.26. The van der Waals surface area contributed by atoms with Gasteiger partial charge >= 0.3 is 0 Å². The van der Waals surface area contributed by atoms with Crippen LogP contribution >= 0.6 is 0 Å². The minimum absolute atomic E-state index is 0.115. The number of oxazole rings is 1. The highest BCUT2D eigenvalue weighted by atomic mass is 16.3. The van der Waals surface area contributed by atoms with Crippen molar-refractivity contribution in [3.63, 3.8) is 0 Å². The second-order valence-electron chi connectivity index (χ2n) is 7.11. The van der Waals surface area contributed by atoms with E-state index in [1.54, 1.807) is 0 Å². The molecule has 2 aromatic heterocycles. The van der Waals surface area contributed by atoms with Crippen molar-refractivity contribution in [2.45, 2.75) is 58.0 Å². The second kappa shape index (κ2) is 8.86. The Morgan fingerprint density at radius 2 is 2.15 bits per heavy atom. The number of aromatic amines is 1. The number of hydrogen-bond donors (Lipinski definition) is 3. The molecule has 0 saturated heterocycles. The number of amides is 1. The summed E-state index contributed by atoms with van der Waals surface area (Å²) in [5.74, 6) is 0.164. The van der Waals surface area contributed by atoms with E-state index < -0.39 is 6.04 Å². The lowest BCUT2D eigenvalue weighted by atomic mass is 10.1. The van der Waals surface area contributed by atoms with Gasteiger partial charge in [0.1, 0.15) is 6.26 Å². The number of nitrogens with two attached hydrogens (primary N) is 1. The van der Waals surface area contributed by atoms with E-state index in [2.05, 4.69) is 28.3 Å². The molecule has 3 rings (SSSR count). The number of benzene rings is 1. The molecule has 0 aliphatic heterocycles. The van der Waals surface area contributed by atoms with Crippen LogP contribution < -0.4 is 11.1 Å². The lowest BCUT2D eigenvalue weighted by Crippen LogP contribution is -2.32. The van der Waals surface area contributed by atoms with Gasteiger partial charge in [-0.2, -0.15) is 0 Å². The highest BCUT2D eigenvalue weighted by molar-refractivity contribution is 5.92. The molecular formula is C21H28N4O2. The summed E-state index contributed by atoms with van der Waals surface area (Å²) in [6, 6.07) is 7.78. The number of carbonyl (C=O) groups is 1. The summed E-state index contributed by atoms with van der Waals surface area (Å²) in [6.45, 7) is 4.18. The molecule has 2 atom stereocenters. The van der Waals surface area contributed by atoms with E-state index >= 15 is 0 Å². The van der Waals surface area contributed by atoms with E-state index in [0.29, 0.717) is 12.3 Å². The maximum Gasteiger partial charge on any atom is 0.273 e. The number of aromatic nitrogens is 2. The summed E-state index contributed by atoms with van der Waals surface area (Å²) in [5.41, 5.74) is 8.73. The first-order valence-corrected chi connectivity index (χ1v) is 9.65. The quantitative estimate of drug-likeness (QED) is 0.495. The number of nitrogens with zero attached hydrogens (tertiary/aromatic N) is 1. The van der Waals surface area contributed by atoms with Gasteiger partial charge in [0.2, 0.25) is 5.89 Å². The van der Waals surface area contributed by atoms with Crippen LogP contribution in [0.4, 0.5) is 0 Å². The Bertz CT molecular complexity index is 883. The van der Waals surface area contributed by atoms with E-state index in [0.717, 1.165) is 29.3 Å². The average molecular weight is 368 g/mol. The summed E-state index contributed by atoms with van der Waals surface area (Å²) in [4.78, 5) is 19.9. The van der Waals surface area contributed by atoms with E-state index in [1.807, 2.05) is 31.3 Å². The molecule has 27 heavy (non-hydrogen) atoms. The molecule has 6 heteroatoms. The number of fused-ring (bicyclic) bond motifs is 1. The zero-order chi connectivity index (χ0) is 19.2. The zero-order valence-corrected chi connectivity index (χ0v) is 16.0. The molecule has 1 aromatic carbocycles. The van der Waals surface area contributed by atoms with Gasteiger partial charge in [0.25, 0.3) is 5.91 Å². The van der Waals surface area contributed by atoms with Crippen molar-refractivity contribution in [1.29, 1.82) is 0 Å². The van der Waals surface area contributed by atoms with Gasteiger partial charge in [-0.3, -0.25) is 4.79 Å². The van der Waals surface area contributed by atoms with Gasteiger partial charge in [0, 0.05) is 23.1 Å². The fraction of sp³-hybridized carbons (Fsp3) is 0.429. The predicted octanol–water partition coefficient (Wildman–Crippen LogP) is 4.10. The normalized spacial score (nSPS) is 13.6. The van der Waals surface area contributed by atoms with E-state index in [1.165, 1.54) is 19.1 Å². The molecule has 2 heterocycles. The second-order valence-corrected chi connectivity index (χ2v) is 7.11. The molecule has 2 unspecified atom stereocenters. The number of unbranched alkanes of at least 4 members (excludes halogenated alkanes) is 2. The summed E-state index contributed by atoms with van der Waals surface area (Å²) in [5, 5.41) is 4.11. The zero-order valence-electron chi connectivity index (χ0n) is 16.0. The maximum absolute atomic E-state index is 12.3. The minimum Gasteiger partial charge on any atom is -0.446 e. The largest absolute Gasteiger partial charge is 0.446 e. The monoisotopic (exact) mass is 368 g/mol. The molecule has 0 saturated carbocycles. The first-order valence-electron chi connectivity index (χ1n) is 9.65. The smallest absolute Gasteiger partial charge is 0.273 e. The Balaban J connectivity index is 1.60. The third-order valence-electron chi connectivity index (χ3n) is 4.80. The Hall–Kier alpha value is -2.60. The van der Waals surface area contributed by atoms with Crippen LogP contribution in [-0.2, 0) is 6.42 Å². The highest BCUT2D eigenvalue weighted by Gasteiger charge is 2.19. The number of hydrogen-bond acceptors (Lipinski definition) is 4. The van der Waals surface area contributed by atoms with E-state index in [-0.39, 0.29) is 17.6 Å². The van der Waals surface area contributed by atoms with Gasteiger partial charge in [-0.1, -0.05) is 44.4 Å². The lowest BCUT2D eigenvalue weighted by molar-refractivity contribution is 0.0933. The molecule has 0 aliphatic rings. The van der Waals surface area contributed by atoms with Crippen LogP contribution in [-0.4, -0.2) is 21.9 Å².